The first kappa shape index (κ1) is 13.7. The number of imidazole rings is 1. The van der Waals surface area contributed by atoms with Crippen molar-refractivity contribution in [2.45, 2.75) is 0 Å². The molecule has 0 unspecified atom stereocenters. The molecule has 0 atom stereocenters. The SMILES string of the molecule is O=C(Nc1ccccn1)c1cccc2[nH]c(-c3cccs3)nc12. The molecule has 3 heterocycles. The van der Waals surface area contributed by atoms with Crippen LogP contribution in [0, 0.1) is 0 Å². The Bertz CT molecular complexity index is 961. The number of aromatic nitrogens is 3. The van der Waals surface area contributed by atoms with Crippen LogP contribution in [0.5, 0.6) is 0 Å². The first-order valence-electron chi connectivity index (χ1n) is 7.06. The van der Waals surface area contributed by atoms with Crippen LogP contribution in [0.4, 0.5) is 5.82 Å². The number of nitrogens with one attached hydrogen (secondary N) is 2. The minimum absolute atomic E-state index is 0.224. The number of anilines is 1. The van der Waals surface area contributed by atoms with Crippen LogP contribution in [0.2, 0.25) is 0 Å². The molecule has 112 valence electrons. The number of carbonyl (C=O) groups excluding carboxylic acids is 1. The second-order valence-electron chi connectivity index (χ2n) is 4.93. The summed E-state index contributed by atoms with van der Waals surface area (Å²) in [6, 6.07) is 14.9. The lowest BCUT2D eigenvalue weighted by atomic mass is 10.1. The number of para-hydroxylation sites is 1. The van der Waals surface area contributed by atoms with Crippen molar-refractivity contribution in [3.05, 3.63) is 65.7 Å². The van der Waals surface area contributed by atoms with Crippen molar-refractivity contribution in [1.82, 2.24) is 15.0 Å². The fourth-order valence-electron chi connectivity index (χ4n) is 2.37. The minimum Gasteiger partial charge on any atom is -0.337 e. The van der Waals surface area contributed by atoms with E-state index in [-0.39, 0.29) is 5.91 Å². The molecule has 0 saturated carbocycles. The van der Waals surface area contributed by atoms with Crippen LogP contribution >= 0.6 is 11.3 Å². The van der Waals surface area contributed by atoms with Crippen molar-refractivity contribution < 1.29 is 4.79 Å². The van der Waals surface area contributed by atoms with Crippen LogP contribution in [0.25, 0.3) is 21.7 Å². The highest BCUT2D eigenvalue weighted by atomic mass is 32.1. The van der Waals surface area contributed by atoms with Crippen molar-refractivity contribution in [1.29, 1.82) is 0 Å². The van der Waals surface area contributed by atoms with Crippen LogP contribution in [0.15, 0.2) is 60.1 Å². The summed E-state index contributed by atoms with van der Waals surface area (Å²) in [5.41, 5.74) is 2.01. The molecule has 2 N–H and O–H groups in total. The molecule has 23 heavy (non-hydrogen) atoms. The second kappa shape index (κ2) is 5.66. The van der Waals surface area contributed by atoms with Gasteiger partial charge in [0.05, 0.1) is 16.0 Å². The number of nitrogens with zero attached hydrogens (tertiary/aromatic N) is 2. The van der Waals surface area contributed by atoms with Crippen molar-refractivity contribution in [2.24, 2.45) is 0 Å². The molecule has 0 aliphatic rings. The van der Waals surface area contributed by atoms with E-state index in [2.05, 4.69) is 20.3 Å². The largest absolute Gasteiger partial charge is 0.337 e. The van der Waals surface area contributed by atoms with Crippen molar-refractivity contribution in [2.75, 3.05) is 5.32 Å². The van der Waals surface area contributed by atoms with Crippen molar-refractivity contribution >= 4 is 34.1 Å². The standard InChI is InChI=1S/C17H12N4OS/c22-17(20-14-8-1-2-9-18-14)11-5-3-6-12-15(11)21-16(19-12)13-7-4-10-23-13/h1-10H,(H,19,21)(H,18,20,22). The summed E-state index contributed by atoms with van der Waals surface area (Å²) in [5.74, 6) is 1.06. The molecule has 5 nitrogen and oxygen atoms in total. The zero-order valence-corrected chi connectivity index (χ0v) is 12.8. The number of H-pyrrole nitrogens is 1. The van der Waals surface area contributed by atoms with E-state index in [1.165, 1.54) is 0 Å². The minimum atomic E-state index is -0.224. The van der Waals surface area contributed by atoms with E-state index in [4.69, 9.17) is 0 Å². The van der Waals surface area contributed by atoms with Crippen LogP contribution in [0.1, 0.15) is 10.4 Å². The summed E-state index contributed by atoms with van der Waals surface area (Å²) in [6.07, 6.45) is 1.64. The first-order chi connectivity index (χ1) is 11.3. The molecular weight excluding hydrogens is 308 g/mol. The average Bonchev–Trinajstić information content (AvgIpc) is 3.24. The van der Waals surface area contributed by atoms with E-state index < -0.39 is 0 Å². The molecule has 4 rings (SSSR count). The lowest BCUT2D eigenvalue weighted by Crippen LogP contribution is -2.13. The van der Waals surface area contributed by atoms with Gasteiger partial charge in [-0.05, 0) is 35.7 Å². The molecule has 0 radical (unpaired) electrons. The summed E-state index contributed by atoms with van der Waals surface area (Å²) >= 11 is 1.60. The molecule has 6 heteroatoms. The van der Waals surface area contributed by atoms with Gasteiger partial charge in [-0.3, -0.25) is 4.79 Å². The molecular formula is C17H12N4OS. The zero-order chi connectivity index (χ0) is 15.6. The molecule has 3 aromatic heterocycles. The van der Waals surface area contributed by atoms with Gasteiger partial charge in [-0.2, -0.15) is 0 Å². The number of thiophene rings is 1. The van der Waals surface area contributed by atoms with Gasteiger partial charge in [-0.25, -0.2) is 9.97 Å². The van der Waals surface area contributed by atoms with Gasteiger partial charge < -0.3 is 10.3 Å². The normalized spacial score (nSPS) is 10.8. The molecule has 1 aromatic carbocycles. The highest BCUT2D eigenvalue weighted by molar-refractivity contribution is 7.13. The molecule has 0 aliphatic heterocycles. The highest BCUT2D eigenvalue weighted by Gasteiger charge is 2.15. The van der Waals surface area contributed by atoms with Gasteiger partial charge in [0.15, 0.2) is 0 Å². The number of rotatable bonds is 3. The Morgan fingerprint density at radius 2 is 2.04 bits per heavy atom. The molecule has 0 spiro atoms. The number of pyridine rings is 1. The predicted molar refractivity (Wildman–Crippen MR) is 91.6 cm³/mol. The maximum absolute atomic E-state index is 12.5. The third-order valence-corrected chi connectivity index (χ3v) is 4.29. The summed E-state index contributed by atoms with van der Waals surface area (Å²) in [6.45, 7) is 0. The van der Waals surface area contributed by atoms with E-state index in [0.29, 0.717) is 16.9 Å². The number of benzene rings is 1. The molecule has 0 fully saturated rings. The van der Waals surface area contributed by atoms with Crippen LogP contribution in [-0.4, -0.2) is 20.9 Å². The predicted octanol–water partition coefficient (Wildman–Crippen LogP) is 3.94. The van der Waals surface area contributed by atoms with E-state index in [1.54, 1.807) is 35.7 Å². The third kappa shape index (κ3) is 2.60. The van der Waals surface area contributed by atoms with E-state index >= 15 is 0 Å². The van der Waals surface area contributed by atoms with E-state index in [0.717, 1.165) is 16.2 Å². The summed E-state index contributed by atoms with van der Waals surface area (Å²) in [4.78, 5) is 25.5. The highest BCUT2D eigenvalue weighted by Crippen LogP contribution is 2.26. The summed E-state index contributed by atoms with van der Waals surface area (Å²) in [5, 5.41) is 4.79. The van der Waals surface area contributed by atoms with Gasteiger partial charge in [0.25, 0.3) is 5.91 Å². The lowest BCUT2D eigenvalue weighted by Gasteiger charge is -2.04. The van der Waals surface area contributed by atoms with Crippen LogP contribution in [-0.2, 0) is 0 Å². The number of fused-ring (bicyclic) bond motifs is 1. The Balaban J connectivity index is 1.73. The van der Waals surface area contributed by atoms with E-state index in [1.807, 2.05) is 35.7 Å². The maximum Gasteiger partial charge on any atom is 0.259 e. The fourth-order valence-corrected chi connectivity index (χ4v) is 3.03. The van der Waals surface area contributed by atoms with Gasteiger partial charge in [0.1, 0.15) is 17.2 Å². The Morgan fingerprint density at radius 1 is 1.09 bits per heavy atom. The van der Waals surface area contributed by atoms with E-state index in [9.17, 15) is 4.79 Å². The van der Waals surface area contributed by atoms with Crippen molar-refractivity contribution in [3.63, 3.8) is 0 Å². The van der Waals surface area contributed by atoms with Crippen LogP contribution in [0.3, 0.4) is 0 Å². The number of carbonyl (C=O) groups is 1. The molecule has 0 bridgehead atoms. The fraction of sp³-hybridized carbons (Fsp3) is 0. The molecule has 1 amide bonds. The Morgan fingerprint density at radius 3 is 2.83 bits per heavy atom. The third-order valence-electron chi connectivity index (χ3n) is 3.42. The van der Waals surface area contributed by atoms with Gasteiger partial charge in [-0.15, -0.1) is 11.3 Å². The number of amides is 1. The average molecular weight is 320 g/mol. The second-order valence-corrected chi connectivity index (χ2v) is 5.88. The summed E-state index contributed by atoms with van der Waals surface area (Å²) < 4.78 is 0. The molecule has 4 aromatic rings. The smallest absolute Gasteiger partial charge is 0.259 e. The van der Waals surface area contributed by atoms with Crippen LogP contribution < -0.4 is 5.32 Å². The Kier molecular flexibility index (Phi) is 3.36. The number of hydrogen-bond donors (Lipinski definition) is 2. The number of aromatic amines is 1. The molecule has 0 saturated heterocycles. The van der Waals surface area contributed by atoms with Gasteiger partial charge in [0.2, 0.25) is 0 Å². The quantitative estimate of drug-likeness (QED) is 0.600. The maximum atomic E-state index is 12.5. The number of hydrogen-bond acceptors (Lipinski definition) is 4. The van der Waals surface area contributed by atoms with Gasteiger partial charge in [0, 0.05) is 6.20 Å². The van der Waals surface area contributed by atoms with Crippen molar-refractivity contribution in [3.8, 4) is 10.7 Å². The van der Waals surface area contributed by atoms with Gasteiger partial charge in [-0.1, -0.05) is 18.2 Å². The Labute approximate surface area is 136 Å². The monoisotopic (exact) mass is 320 g/mol. The van der Waals surface area contributed by atoms with Gasteiger partial charge >= 0.3 is 0 Å². The topological polar surface area (TPSA) is 70.7 Å². The Hall–Kier alpha value is -2.99. The molecule has 0 aliphatic carbocycles. The summed E-state index contributed by atoms with van der Waals surface area (Å²) in [7, 11) is 0. The zero-order valence-electron chi connectivity index (χ0n) is 12.0. The lowest BCUT2D eigenvalue weighted by molar-refractivity contribution is 0.102. The first-order valence-corrected chi connectivity index (χ1v) is 7.94.